The second-order valence-electron chi connectivity index (χ2n) is 8.80. The highest BCUT2D eigenvalue weighted by Crippen LogP contribution is 2.41. The van der Waals surface area contributed by atoms with E-state index in [9.17, 15) is 15.0 Å². The van der Waals surface area contributed by atoms with E-state index >= 15 is 0 Å². The van der Waals surface area contributed by atoms with Crippen molar-refractivity contribution in [3.63, 3.8) is 0 Å². The van der Waals surface area contributed by atoms with E-state index in [0.717, 1.165) is 32.7 Å². The van der Waals surface area contributed by atoms with Crippen LogP contribution in [0.1, 0.15) is 16.9 Å². The smallest absolute Gasteiger partial charge is 0.226 e. The van der Waals surface area contributed by atoms with Gasteiger partial charge in [0.2, 0.25) is 5.91 Å². The first-order valence-corrected chi connectivity index (χ1v) is 12.0. The lowest BCUT2D eigenvalue weighted by atomic mass is 9.87. The molecule has 4 aromatic rings. The molecule has 34 heavy (non-hydrogen) atoms. The summed E-state index contributed by atoms with van der Waals surface area (Å²) in [5.74, 6) is 1.20. The van der Waals surface area contributed by atoms with Gasteiger partial charge < -0.3 is 25.2 Å². The van der Waals surface area contributed by atoms with Crippen molar-refractivity contribution in [2.75, 3.05) is 25.5 Å². The number of aryl methyl sites for hydroxylation is 1. The number of likely N-dealkylation sites (tertiary alicyclic amines) is 1. The van der Waals surface area contributed by atoms with Crippen LogP contribution in [0, 0.1) is 5.92 Å². The van der Waals surface area contributed by atoms with Crippen LogP contribution in [0.2, 0.25) is 0 Å². The second kappa shape index (κ2) is 8.19. The van der Waals surface area contributed by atoms with Gasteiger partial charge in [-0.25, -0.2) is 14.5 Å². The maximum Gasteiger partial charge on any atom is 0.226 e. The number of carbonyl (C=O) groups is 1. The van der Waals surface area contributed by atoms with Crippen molar-refractivity contribution in [2.24, 2.45) is 5.92 Å². The number of pyridine rings is 1. The largest absolute Gasteiger partial charge is 0.493 e. The van der Waals surface area contributed by atoms with Crippen LogP contribution >= 0.6 is 11.3 Å². The number of hydrogen-bond acceptors (Lipinski definition) is 9. The van der Waals surface area contributed by atoms with Crippen molar-refractivity contribution < 1.29 is 19.7 Å². The van der Waals surface area contributed by atoms with Crippen molar-refractivity contribution in [1.29, 1.82) is 0 Å². The molecule has 1 amide bonds. The van der Waals surface area contributed by atoms with Gasteiger partial charge in [-0.15, -0.1) is 11.3 Å². The Balaban J connectivity index is 1.31. The molecule has 1 aliphatic carbocycles. The number of amides is 1. The molecule has 5 heterocycles. The van der Waals surface area contributed by atoms with Crippen molar-refractivity contribution in [1.82, 2.24) is 24.5 Å². The summed E-state index contributed by atoms with van der Waals surface area (Å²) in [5, 5.41) is 28.3. The van der Waals surface area contributed by atoms with Gasteiger partial charge in [0.05, 0.1) is 42.1 Å². The van der Waals surface area contributed by atoms with Crippen LogP contribution in [0.15, 0.2) is 30.9 Å². The maximum absolute atomic E-state index is 13.0. The van der Waals surface area contributed by atoms with Gasteiger partial charge in [0.1, 0.15) is 17.0 Å². The first kappa shape index (κ1) is 21.3. The highest BCUT2D eigenvalue weighted by atomic mass is 32.1. The number of anilines is 2. The molecule has 11 heteroatoms. The van der Waals surface area contributed by atoms with Crippen LogP contribution < -0.4 is 10.1 Å². The van der Waals surface area contributed by atoms with Gasteiger partial charge in [-0.05, 0) is 37.0 Å². The number of rotatable bonds is 4. The van der Waals surface area contributed by atoms with Crippen molar-refractivity contribution in [3.05, 3.63) is 41.3 Å². The predicted octanol–water partition coefficient (Wildman–Crippen LogP) is 1.76. The number of thiophene rings is 1. The first-order valence-electron chi connectivity index (χ1n) is 11.2. The third kappa shape index (κ3) is 3.47. The molecule has 176 valence electrons. The summed E-state index contributed by atoms with van der Waals surface area (Å²) in [6, 6.07) is 3.88. The van der Waals surface area contributed by atoms with Crippen LogP contribution in [0.25, 0.3) is 15.7 Å². The molecule has 3 N–H and O–H groups in total. The fraction of sp³-hybridized carbons (Fsp3) is 0.391. The molecule has 3 atom stereocenters. The van der Waals surface area contributed by atoms with E-state index in [1.165, 1.54) is 5.56 Å². The summed E-state index contributed by atoms with van der Waals surface area (Å²) in [6.07, 6.45) is 5.45. The average Bonchev–Trinajstić information content (AvgIpc) is 3.54. The lowest BCUT2D eigenvalue weighted by Gasteiger charge is -2.26. The third-order valence-electron chi connectivity index (χ3n) is 6.74. The van der Waals surface area contributed by atoms with E-state index in [1.54, 1.807) is 40.4 Å². The van der Waals surface area contributed by atoms with E-state index < -0.39 is 12.2 Å². The molecule has 1 aliphatic heterocycles. The summed E-state index contributed by atoms with van der Waals surface area (Å²) >= 11 is 1.60. The number of β-amino-alcohol motifs (C(OH)–C–C–N with tert-alkyl or cyclic N) is 2. The number of hydrogen-bond donors (Lipinski definition) is 3. The first-order chi connectivity index (χ1) is 16.5. The molecule has 0 bridgehead atoms. The summed E-state index contributed by atoms with van der Waals surface area (Å²) in [6.45, 7) is 0.386. The van der Waals surface area contributed by atoms with E-state index in [4.69, 9.17) is 4.74 Å². The van der Waals surface area contributed by atoms with Gasteiger partial charge in [-0.2, -0.15) is 5.10 Å². The van der Waals surface area contributed by atoms with E-state index in [-0.39, 0.29) is 24.9 Å². The highest BCUT2D eigenvalue weighted by molar-refractivity contribution is 7.19. The number of methoxy groups -OCH3 is 1. The number of nitrogens with zero attached hydrogens (tertiary/aromatic N) is 5. The van der Waals surface area contributed by atoms with E-state index in [0.29, 0.717) is 24.4 Å². The summed E-state index contributed by atoms with van der Waals surface area (Å²) in [5.41, 5.74) is 2.89. The molecule has 1 saturated heterocycles. The maximum atomic E-state index is 13.0. The fourth-order valence-electron chi connectivity index (χ4n) is 4.96. The fourth-order valence-corrected chi connectivity index (χ4v) is 6.22. The highest BCUT2D eigenvalue weighted by Gasteiger charge is 2.37. The van der Waals surface area contributed by atoms with Gasteiger partial charge >= 0.3 is 0 Å². The standard InChI is InChI=1S/C23H24N6O4S/c1-33-18-10-29-13(4-5-26-29)7-15(18)27-21-20-14-3-2-12(6-19(14)34-22(20)25-11-24-21)23(32)28-8-16(30)17(31)9-28/h4-5,7,10-12,16-17,30-31H,2-3,6,8-9H2,1H3,(H,24,25,27)/t12-,16-,17-/m0/s1. The van der Waals surface area contributed by atoms with Gasteiger partial charge in [0.25, 0.3) is 0 Å². The monoisotopic (exact) mass is 480 g/mol. The van der Waals surface area contributed by atoms with Gasteiger partial charge in [-0.1, -0.05) is 0 Å². The molecule has 2 aliphatic rings. The Kier molecular flexibility index (Phi) is 5.12. The predicted molar refractivity (Wildman–Crippen MR) is 127 cm³/mol. The normalized spacial score (nSPS) is 22.3. The molecule has 1 fully saturated rings. The Bertz CT molecular complexity index is 1390. The molecular formula is C23H24N6O4S. The zero-order valence-electron chi connectivity index (χ0n) is 18.5. The van der Waals surface area contributed by atoms with Crippen molar-refractivity contribution in [3.8, 4) is 5.75 Å². The summed E-state index contributed by atoms with van der Waals surface area (Å²) < 4.78 is 7.32. The zero-order chi connectivity index (χ0) is 23.4. The van der Waals surface area contributed by atoms with E-state index in [1.807, 2.05) is 18.3 Å². The molecule has 0 radical (unpaired) electrons. The number of aromatic nitrogens is 4. The third-order valence-corrected chi connectivity index (χ3v) is 7.90. The van der Waals surface area contributed by atoms with Crippen LogP contribution in [0.5, 0.6) is 5.75 Å². The number of fused-ring (bicyclic) bond motifs is 4. The molecular weight excluding hydrogens is 456 g/mol. The average molecular weight is 481 g/mol. The number of aliphatic hydroxyl groups excluding tert-OH is 2. The molecule has 0 unspecified atom stereocenters. The van der Waals surface area contributed by atoms with Crippen LogP contribution in [-0.4, -0.2) is 73.0 Å². The molecule has 0 saturated carbocycles. The Morgan fingerprint density at radius 2 is 2.09 bits per heavy atom. The molecule has 0 spiro atoms. The zero-order valence-corrected chi connectivity index (χ0v) is 19.3. The van der Waals surface area contributed by atoms with E-state index in [2.05, 4.69) is 20.4 Å². The summed E-state index contributed by atoms with van der Waals surface area (Å²) in [7, 11) is 1.62. The number of carbonyl (C=O) groups excluding carboxylic acids is 1. The number of ether oxygens (including phenoxy) is 1. The molecule has 6 rings (SSSR count). The van der Waals surface area contributed by atoms with Crippen molar-refractivity contribution >= 4 is 44.5 Å². The van der Waals surface area contributed by atoms with Crippen LogP contribution in [0.3, 0.4) is 0 Å². The Morgan fingerprint density at radius 3 is 2.88 bits per heavy atom. The molecule has 4 aromatic heterocycles. The number of aliphatic hydroxyl groups is 2. The summed E-state index contributed by atoms with van der Waals surface area (Å²) in [4.78, 5) is 25.7. The Labute approximate surface area is 198 Å². The SMILES string of the molecule is COc1cn2nccc2cc1Nc1ncnc2sc3c(c12)CC[C@H](C(=O)N1C[C@H](O)[C@@H](O)C1)C3. The Morgan fingerprint density at radius 1 is 1.26 bits per heavy atom. The minimum absolute atomic E-state index is 0.00184. The van der Waals surface area contributed by atoms with Crippen LogP contribution in [0.4, 0.5) is 11.5 Å². The number of nitrogens with one attached hydrogen (secondary N) is 1. The molecule has 0 aromatic carbocycles. The van der Waals surface area contributed by atoms with Gasteiger partial charge in [0, 0.05) is 30.1 Å². The second-order valence-corrected chi connectivity index (χ2v) is 9.89. The van der Waals surface area contributed by atoms with Crippen LogP contribution in [-0.2, 0) is 17.6 Å². The Hall–Kier alpha value is -3.28. The van der Waals surface area contributed by atoms with Gasteiger partial charge in [-0.3, -0.25) is 4.79 Å². The minimum atomic E-state index is -0.866. The minimum Gasteiger partial charge on any atom is -0.493 e. The van der Waals surface area contributed by atoms with Crippen molar-refractivity contribution in [2.45, 2.75) is 31.5 Å². The lowest BCUT2D eigenvalue weighted by molar-refractivity contribution is -0.135. The lowest BCUT2D eigenvalue weighted by Crippen LogP contribution is -2.37. The molecule has 10 nitrogen and oxygen atoms in total. The quantitative estimate of drug-likeness (QED) is 0.404. The topological polar surface area (TPSA) is 125 Å². The van der Waals surface area contributed by atoms with Gasteiger partial charge in [0.15, 0.2) is 5.75 Å².